The van der Waals surface area contributed by atoms with Gasteiger partial charge in [0.2, 0.25) is 0 Å². The molecule has 0 spiro atoms. The highest BCUT2D eigenvalue weighted by atomic mass is 19.1. The summed E-state index contributed by atoms with van der Waals surface area (Å²) in [5, 5.41) is 3.70. The number of halogens is 2. The maximum atomic E-state index is 14.4. The standard InChI is InChI=1S/C25H29F2N3O2/c1-3-13-29(14-4-2)15-7-12-28-24(31)21-17-30(23-11-10-18(26)16-22(23)27)25(32)20-9-6-5-8-19(20)21/h5-6,8-11,16-17H,3-4,7,12-15H2,1-2H3,(H,28,31). The fraction of sp³-hybridized carbons (Fsp3) is 0.360. The van der Waals surface area contributed by atoms with E-state index in [2.05, 4.69) is 24.1 Å². The first-order valence-electron chi connectivity index (χ1n) is 11.1. The molecule has 0 saturated carbocycles. The van der Waals surface area contributed by atoms with Gasteiger partial charge in [-0.1, -0.05) is 32.0 Å². The van der Waals surface area contributed by atoms with Crippen molar-refractivity contribution >= 4 is 16.7 Å². The van der Waals surface area contributed by atoms with Gasteiger partial charge in [-0.3, -0.25) is 14.2 Å². The number of amides is 1. The quantitative estimate of drug-likeness (QED) is 0.471. The zero-order valence-electron chi connectivity index (χ0n) is 18.5. The van der Waals surface area contributed by atoms with Crippen molar-refractivity contribution in [2.75, 3.05) is 26.2 Å². The molecule has 0 unspecified atom stereocenters. The van der Waals surface area contributed by atoms with E-state index in [1.165, 1.54) is 12.3 Å². The van der Waals surface area contributed by atoms with E-state index in [4.69, 9.17) is 0 Å². The lowest BCUT2D eigenvalue weighted by molar-refractivity contribution is 0.0952. The van der Waals surface area contributed by atoms with Gasteiger partial charge in [0.05, 0.1) is 11.3 Å². The van der Waals surface area contributed by atoms with Gasteiger partial charge in [-0.15, -0.1) is 0 Å². The van der Waals surface area contributed by atoms with Gasteiger partial charge in [0.25, 0.3) is 11.5 Å². The molecule has 2 aromatic carbocycles. The topological polar surface area (TPSA) is 54.3 Å². The van der Waals surface area contributed by atoms with Crippen LogP contribution in [0.5, 0.6) is 0 Å². The van der Waals surface area contributed by atoms with Crippen molar-refractivity contribution in [3.63, 3.8) is 0 Å². The Labute approximate surface area is 186 Å². The third kappa shape index (κ3) is 5.40. The summed E-state index contributed by atoms with van der Waals surface area (Å²) in [7, 11) is 0. The van der Waals surface area contributed by atoms with Crippen LogP contribution in [-0.4, -0.2) is 41.6 Å². The number of aromatic nitrogens is 1. The smallest absolute Gasteiger partial charge is 0.263 e. The number of fused-ring (bicyclic) bond motifs is 1. The highest BCUT2D eigenvalue weighted by Crippen LogP contribution is 2.19. The van der Waals surface area contributed by atoms with E-state index in [0.717, 1.165) is 55.6 Å². The largest absolute Gasteiger partial charge is 0.352 e. The number of carbonyl (C=O) groups excluding carboxylic acids is 1. The van der Waals surface area contributed by atoms with E-state index in [0.29, 0.717) is 17.3 Å². The molecule has 0 aliphatic heterocycles. The van der Waals surface area contributed by atoms with Crippen LogP contribution >= 0.6 is 0 Å². The van der Waals surface area contributed by atoms with E-state index in [1.54, 1.807) is 24.3 Å². The minimum Gasteiger partial charge on any atom is -0.352 e. The third-order valence-corrected chi connectivity index (χ3v) is 5.35. The Balaban J connectivity index is 1.86. The Morgan fingerprint density at radius 2 is 1.69 bits per heavy atom. The number of hydrogen-bond acceptors (Lipinski definition) is 3. The number of nitrogens with zero attached hydrogens (tertiary/aromatic N) is 2. The van der Waals surface area contributed by atoms with Gasteiger partial charge >= 0.3 is 0 Å². The summed E-state index contributed by atoms with van der Waals surface area (Å²) in [6.45, 7) is 7.73. The Morgan fingerprint density at radius 3 is 2.34 bits per heavy atom. The van der Waals surface area contributed by atoms with Gasteiger partial charge in [-0.05, 0) is 57.1 Å². The second-order valence-corrected chi connectivity index (χ2v) is 7.81. The van der Waals surface area contributed by atoms with Crippen LogP contribution in [0.25, 0.3) is 16.5 Å². The minimum absolute atomic E-state index is 0.106. The molecule has 32 heavy (non-hydrogen) atoms. The number of carbonyl (C=O) groups is 1. The first-order valence-corrected chi connectivity index (χ1v) is 11.1. The molecule has 0 fully saturated rings. The monoisotopic (exact) mass is 441 g/mol. The second-order valence-electron chi connectivity index (χ2n) is 7.81. The number of rotatable bonds is 10. The molecule has 1 aromatic heterocycles. The zero-order valence-corrected chi connectivity index (χ0v) is 18.5. The first-order chi connectivity index (χ1) is 15.5. The van der Waals surface area contributed by atoms with Gasteiger partial charge in [-0.25, -0.2) is 8.78 Å². The first kappa shape index (κ1) is 23.6. The lowest BCUT2D eigenvalue weighted by atomic mass is 10.1. The third-order valence-electron chi connectivity index (χ3n) is 5.35. The highest BCUT2D eigenvalue weighted by Gasteiger charge is 2.17. The molecular formula is C25H29F2N3O2. The molecule has 3 rings (SSSR count). The predicted molar refractivity (Wildman–Crippen MR) is 123 cm³/mol. The Bertz CT molecular complexity index is 1140. The van der Waals surface area contributed by atoms with Crippen LogP contribution in [0.4, 0.5) is 8.78 Å². The summed E-state index contributed by atoms with van der Waals surface area (Å²) in [6, 6.07) is 9.72. The average Bonchev–Trinajstić information content (AvgIpc) is 2.78. The normalized spacial score (nSPS) is 11.3. The van der Waals surface area contributed by atoms with Crippen molar-refractivity contribution in [1.29, 1.82) is 0 Å². The van der Waals surface area contributed by atoms with E-state index < -0.39 is 17.2 Å². The number of pyridine rings is 1. The molecule has 1 heterocycles. The van der Waals surface area contributed by atoms with Crippen LogP contribution < -0.4 is 10.9 Å². The number of benzene rings is 2. The molecule has 170 valence electrons. The molecule has 5 nitrogen and oxygen atoms in total. The van der Waals surface area contributed by atoms with Crippen LogP contribution in [0.15, 0.2) is 53.5 Å². The van der Waals surface area contributed by atoms with Crippen LogP contribution in [0.1, 0.15) is 43.5 Å². The molecule has 0 radical (unpaired) electrons. The van der Waals surface area contributed by atoms with E-state index >= 15 is 0 Å². The summed E-state index contributed by atoms with van der Waals surface area (Å²) < 4.78 is 28.8. The van der Waals surface area contributed by atoms with Crippen LogP contribution in [0.3, 0.4) is 0 Å². The van der Waals surface area contributed by atoms with Gasteiger partial charge in [-0.2, -0.15) is 0 Å². The lowest BCUT2D eigenvalue weighted by Crippen LogP contribution is -2.32. The van der Waals surface area contributed by atoms with Gasteiger partial charge in [0.15, 0.2) is 0 Å². The van der Waals surface area contributed by atoms with Crippen LogP contribution in [0.2, 0.25) is 0 Å². The molecular weight excluding hydrogens is 412 g/mol. The summed E-state index contributed by atoms with van der Waals surface area (Å²) in [4.78, 5) is 28.3. The number of hydrogen-bond donors (Lipinski definition) is 1. The molecule has 1 amide bonds. The molecule has 0 aliphatic carbocycles. The van der Waals surface area contributed by atoms with Crippen molar-refractivity contribution in [3.8, 4) is 5.69 Å². The van der Waals surface area contributed by atoms with Crippen molar-refractivity contribution in [2.24, 2.45) is 0 Å². The van der Waals surface area contributed by atoms with E-state index in [9.17, 15) is 18.4 Å². The second kappa shape index (κ2) is 11.0. The summed E-state index contributed by atoms with van der Waals surface area (Å²) in [5.74, 6) is -1.95. The fourth-order valence-electron chi connectivity index (χ4n) is 3.90. The molecule has 7 heteroatoms. The summed E-state index contributed by atoms with van der Waals surface area (Å²) >= 11 is 0. The van der Waals surface area contributed by atoms with Crippen LogP contribution in [0, 0.1) is 11.6 Å². The maximum Gasteiger partial charge on any atom is 0.263 e. The van der Waals surface area contributed by atoms with E-state index in [-0.39, 0.29) is 17.2 Å². The Kier molecular flexibility index (Phi) is 8.11. The molecule has 3 aromatic rings. The van der Waals surface area contributed by atoms with Crippen molar-refractivity contribution in [2.45, 2.75) is 33.1 Å². The van der Waals surface area contributed by atoms with Gasteiger partial charge < -0.3 is 10.2 Å². The van der Waals surface area contributed by atoms with Gasteiger partial charge in [0.1, 0.15) is 11.6 Å². The molecule has 0 bridgehead atoms. The number of nitrogens with one attached hydrogen (secondary N) is 1. The van der Waals surface area contributed by atoms with Gasteiger partial charge in [0, 0.05) is 29.6 Å². The molecule has 1 N–H and O–H groups in total. The van der Waals surface area contributed by atoms with Crippen molar-refractivity contribution in [3.05, 3.63) is 76.2 Å². The minimum atomic E-state index is -0.874. The van der Waals surface area contributed by atoms with E-state index in [1.807, 2.05) is 0 Å². The van der Waals surface area contributed by atoms with Crippen LogP contribution in [-0.2, 0) is 0 Å². The van der Waals surface area contributed by atoms with Crippen molar-refractivity contribution in [1.82, 2.24) is 14.8 Å². The predicted octanol–water partition coefficient (Wildman–Crippen LogP) is 4.51. The summed E-state index contributed by atoms with van der Waals surface area (Å²) in [6.07, 6.45) is 4.30. The Hall–Kier alpha value is -3.06. The molecule has 0 saturated heterocycles. The fourth-order valence-corrected chi connectivity index (χ4v) is 3.90. The molecule has 0 atom stereocenters. The average molecular weight is 442 g/mol. The SMILES string of the molecule is CCCN(CCC)CCCNC(=O)c1cn(-c2ccc(F)cc2F)c(=O)c2ccccc12. The summed E-state index contributed by atoms with van der Waals surface area (Å²) in [5.41, 5.74) is -0.314. The van der Waals surface area contributed by atoms with Crippen molar-refractivity contribution < 1.29 is 13.6 Å². The maximum absolute atomic E-state index is 14.4. The highest BCUT2D eigenvalue weighted by molar-refractivity contribution is 6.06. The Morgan fingerprint density at radius 1 is 1.00 bits per heavy atom. The molecule has 0 aliphatic rings. The lowest BCUT2D eigenvalue weighted by Gasteiger charge is -2.20. The zero-order chi connectivity index (χ0) is 23.1.